The predicted octanol–water partition coefficient (Wildman–Crippen LogP) is 12.4. The van der Waals surface area contributed by atoms with Gasteiger partial charge in [-0.3, -0.25) is 0 Å². The third-order valence-corrected chi connectivity index (χ3v) is 9.69. The van der Waals surface area contributed by atoms with Crippen molar-refractivity contribution in [1.82, 2.24) is 15.0 Å². The number of nitrogens with zero attached hydrogens (tertiary/aromatic N) is 3. The van der Waals surface area contributed by atoms with E-state index in [1.807, 2.05) is 42.5 Å². The van der Waals surface area contributed by atoms with Crippen molar-refractivity contribution in [2.24, 2.45) is 0 Å². The van der Waals surface area contributed by atoms with Crippen molar-refractivity contribution < 1.29 is 4.42 Å². The van der Waals surface area contributed by atoms with Gasteiger partial charge in [-0.25, -0.2) is 15.0 Å². The molecule has 0 fully saturated rings. The summed E-state index contributed by atoms with van der Waals surface area (Å²) in [7, 11) is 0. The highest BCUT2D eigenvalue weighted by atomic mass is 16.3. The molecule has 3 aromatic heterocycles. The molecule has 0 N–H and O–H groups in total. The van der Waals surface area contributed by atoms with Crippen molar-refractivity contribution in [1.29, 1.82) is 0 Å². The molecule has 7 aromatic carbocycles. The van der Waals surface area contributed by atoms with Crippen LogP contribution in [0.2, 0.25) is 0 Å². The Morgan fingerprint density at radius 3 is 1.71 bits per heavy atom. The maximum atomic E-state index is 6.55. The minimum atomic E-state index is 0.658. The van der Waals surface area contributed by atoms with Gasteiger partial charge < -0.3 is 4.42 Å². The number of fused-ring (bicyclic) bond motifs is 7. The summed E-state index contributed by atoms with van der Waals surface area (Å²) in [6.07, 6.45) is 0. The van der Waals surface area contributed by atoms with Gasteiger partial charge in [0.15, 0.2) is 5.82 Å². The molecule has 0 aliphatic rings. The Hall–Kier alpha value is -6.91. The van der Waals surface area contributed by atoms with E-state index in [-0.39, 0.29) is 0 Å². The third-order valence-electron chi connectivity index (χ3n) is 9.69. The van der Waals surface area contributed by atoms with E-state index >= 15 is 0 Å². The van der Waals surface area contributed by atoms with Crippen LogP contribution in [0.3, 0.4) is 0 Å². The monoisotopic (exact) mass is 651 g/mol. The third kappa shape index (κ3) is 5.04. The summed E-state index contributed by atoms with van der Waals surface area (Å²) >= 11 is 0. The van der Waals surface area contributed by atoms with Crippen LogP contribution >= 0.6 is 0 Å². The van der Waals surface area contributed by atoms with Gasteiger partial charge in [0.1, 0.15) is 11.2 Å². The Bertz CT molecular complexity index is 2900. The van der Waals surface area contributed by atoms with E-state index in [1.165, 1.54) is 11.1 Å². The van der Waals surface area contributed by atoms with Crippen molar-refractivity contribution in [3.63, 3.8) is 0 Å². The second-order valence-corrected chi connectivity index (χ2v) is 12.8. The first kappa shape index (κ1) is 29.0. The number of furan rings is 1. The zero-order chi connectivity index (χ0) is 33.7. The van der Waals surface area contributed by atoms with E-state index in [1.54, 1.807) is 0 Å². The molecule has 0 bridgehead atoms. The summed E-state index contributed by atoms with van der Waals surface area (Å²) in [4.78, 5) is 15.5. The van der Waals surface area contributed by atoms with E-state index < -0.39 is 0 Å². The molecule has 4 nitrogen and oxygen atoms in total. The standard InChI is InChI=1S/C47H29N3O/c1-3-12-30(13-4-1)31-22-24-33(25-23-31)42-29-41(32-14-5-2-6-15-32)49-47(50-42)35-17-11-16-34(28-35)45-39-27-26-37-36-18-8-10-21-43(36)51-46(37)44(39)38-19-7-9-20-40(38)48-45/h1-29H. The van der Waals surface area contributed by atoms with Gasteiger partial charge in [-0.15, -0.1) is 0 Å². The Morgan fingerprint density at radius 1 is 0.353 bits per heavy atom. The smallest absolute Gasteiger partial charge is 0.160 e. The minimum Gasteiger partial charge on any atom is -0.455 e. The van der Waals surface area contributed by atoms with Crippen molar-refractivity contribution in [2.45, 2.75) is 0 Å². The lowest BCUT2D eigenvalue weighted by molar-refractivity contribution is 0.673. The van der Waals surface area contributed by atoms with Crippen LogP contribution in [-0.2, 0) is 0 Å². The summed E-state index contributed by atoms with van der Waals surface area (Å²) in [6.45, 7) is 0. The fourth-order valence-corrected chi connectivity index (χ4v) is 7.19. The van der Waals surface area contributed by atoms with Gasteiger partial charge in [0.2, 0.25) is 0 Å². The molecule has 3 heterocycles. The molecule has 10 aromatic rings. The average molecular weight is 652 g/mol. The lowest BCUT2D eigenvalue weighted by Gasteiger charge is -2.13. The molecular weight excluding hydrogens is 623 g/mol. The van der Waals surface area contributed by atoms with Crippen LogP contribution in [0.15, 0.2) is 180 Å². The van der Waals surface area contributed by atoms with Crippen LogP contribution in [0.4, 0.5) is 0 Å². The highest BCUT2D eigenvalue weighted by Crippen LogP contribution is 2.41. The quantitative estimate of drug-likeness (QED) is 0.174. The Morgan fingerprint density at radius 2 is 0.922 bits per heavy atom. The van der Waals surface area contributed by atoms with Crippen LogP contribution in [0.1, 0.15) is 0 Å². The fraction of sp³-hybridized carbons (Fsp3) is 0. The van der Waals surface area contributed by atoms with E-state index in [0.717, 1.165) is 82.9 Å². The van der Waals surface area contributed by atoms with Crippen LogP contribution in [0.25, 0.3) is 99.9 Å². The molecule has 10 rings (SSSR count). The summed E-state index contributed by atoms with van der Waals surface area (Å²) in [5.41, 5.74) is 11.6. The Kier molecular flexibility index (Phi) is 6.78. The lowest BCUT2D eigenvalue weighted by Crippen LogP contribution is -1.96. The molecule has 0 atom stereocenters. The molecule has 0 saturated heterocycles. The van der Waals surface area contributed by atoms with E-state index in [4.69, 9.17) is 19.4 Å². The van der Waals surface area contributed by atoms with Crippen molar-refractivity contribution >= 4 is 43.6 Å². The van der Waals surface area contributed by atoms with Gasteiger partial charge in [-0.2, -0.15) is 0 Å². The van der Waals surface area contributed by atoms with E-state index in [2.05, 4.69) is 133 Å². The molecule has 0 aliphatic heterocycles. The molecule has 4 heteroatoms. The number of pyridine rings is 1. The van der Waals surface area contributed by atoms with Crippen LogP contribution in [-0.4, -0.2) is 15.0 Å². The van der Waals surface area contributed by atoms with Crippen LogP contribution in [0, 0.1) is 0 Å². The van der Waals surface area contributed by atoms with Crippen LogP contribution < -0.4 is 0 Å². The van der Waals surface area contributed by atoms with Crippen molar-refractivity contribution in [2.75, 3.05) is 0 Å². The van der Waals surface area contributed by atoms with Crippen molar-refractivity contribution in [3.05, 3.63) is 176 Å². The second kappa shape index (κ2) is 11.9. The summed E-state index contributed by atoms with van der Waals surface area (Å²) in [6, 6.07) is 60.7. The second-order valence-electron chi connectivity index (χ2n) is 12.8. The maximum Gasteiger partial charge on any atom is 0.160 e. The predicted molar refractivity (Wildman–Crippen MR) is 209 cm³/mol. The molecule has 0 spiro atoms. The summed E-state index contributed by atoms with van der Waals surface area (Å²) in [5.74, 6) is 0.658. The minimum absolute atomic E-state index is 0.658. The van der Waals surface area contributed by atoms with Crippen molar-refractivity contribution in [3.8, 4) is 56.3 Å². The normalized spacial score (nSPS) is 11.5. The fourth-order valence-electron chi connectivity index (χ4n) is 7.19. The van der Waals surface area contributed by atoms with Gasteiger partial charge in [0.05, 0.1) is 22.6 Å². The molecule has 0 radical (unpaired) electrons. The van der Waals surface area contributed by atoms with E-state index in [9.17, 15) is 0 Å². The average Bonchev–Trinajstić information content (AvgIpc) is 3.60. The number of hydrogen-bond acceptors (Lipinski definition) is 4. The summed E-state index contributed by atoms with van der Waals surface area (Å²) in [5, 5.41) is 5.39. The lowest BCUT2D eigenvalue weighted by atomic mass is 9.97. The largest absolute Gasteiger partial charge is 0.455 e. The maximum absolute atomic E-state index is 6.55. The number of para-hydroxylation sites is 2. The Balaban J connectivity index is 1.14. The number of benzene rings is 7. The van der Waals surface area contributed by atoms with Gasteiger partial charge in [-0.1, -0.05) is 146 Å². The molecule has 0 unspecified atom stereocenters. The molecule has 51 heavy (non-hydrogen) atoms. The molecule has 0 amide bonds. The highest BCUT2D eigenvalue weighted by molar-refractivity contribution is 6.24. The molecular formula is C47H29N3O. The van der Waals surface area contributed by atoms with E-state index in [0.29, 0.717) is 5.82 Å². The van der Waals surface area contributed by atoms with Crippen LogP contribution in [0.5, 0.6) is 0 Å². The molecule has 238 valence electrons. The van der Waals surface area contributed by atoms with Gasteiger partial charge in [0.25, 0.3) is 0 Å². The Labute approximate surface area is 294 Å². The number of rotatable bonds is 5. The van der Waals surface area contributed by atoms with Gasteiger partial charge in [0, 0.05) is 49.2 Å². The highest BCUT2D eigenvalue weighted by Gasteiger charge is 2.18. The first-order chi connectivity index (χ1) is 25.3. The number of hydrogen-bond donors (Lipinski definition) is 0. The number of aromatic nitrogens is 3. The zero-order valence-electron chi connectivity index (χ0n) is 27.5. The first-order valence-corrected chi connectivity index (χ1v) is 17.1. The summed E-state index contributed by atoms with van der Waals surface area (Å²) < 4.78 is 6.55. The molecule has 0 aliphatic carbocycles. The van der Waals surface area contributed by atoms with Gasteiger partial charge in [-0.05, 0) is 41.5 Å². The topological polar surface area (TPSA) is 51.8 Å². The SMILES string of the molecule is c1ccc(-c2ccc(-c3cc(-c4ccccc4)nc(-c4cccc(-c5nc6ccccc6c6c5ccc5c7ccccc7oc56)c4)n3)cc2)cc1. The zero-order valence-corrected chi connectivity index (χ0v) is 27.5. The molecule has 0 saturated carbocycles. The van der Waals surface area contributed by atoms with Gasteiger partial charge >= 0.3 is 0 Å². The first-order valence-electron chi connectivity index (χ1n) is 17.1.